The Kier molecular flexibility index (Phi) is 4.92. The van der Waals surface area contributed by atoms with Crippen molar-refractivity contribution < 1.29 is 9.90 Å². The van der Waals surface area contributed by atoms with Gasteiger partial charge in [0.2, 0.25) is 0 Å². The van der Waals surface area contributed by atoms with Crippen LogP contribution >= 0.6 is 15.9 Å². The summed E-state index contributed by atoms with van der Waals surface area (Å²) in [5.41, 5.74) is 1.94. The van der Waals surface area contributed by atoms with E-state index < -0.39 is 5.97 Å². The average molecular weight is 267 g/mol. The van der Waals surface area contributed by atoms with Gasteiger partial charge in [0.1, 0.15) is 0 Å². The first-order valence-corrected chi connectivity index (χ1v) is 5.70. The third-order valence-corrected chi connectivity index (χ3v) is 2.13. The molecule has 0 aromatic heterocycles. The molecular weight excluding hydrogens is 256 g/mol. The predicted octanol–water partition coefficient (Wildman–Crippen LogP) is 2.45. The molecule has 0 saturated carbocycles. The standard InChI is InChI=1S/C12H11BrO2/c13-8-2-5-10-3-1-4-11(9-10)6-7-12(14)15/h1,3-4,9H,6-8H2,(H,14,15). The van der Waals surface area contributed by atoms with E-state index in [-0.39, 0.29) is 6.42 Å². The van der Waals surface area contributed by atoms with E-state index in [0.29, 0.717) is 11.8 Å². The van der Waals surface area contributed by atoms with Gasteiger partial charge in [-0.3, -0.25) is 4.79 Å². The molecule has 0 aliphatic heterocycles. The van der Waals surface area contributed by atoms with Crippen molar-refractivity contribution in [1.82, 2.24) is 0 Å². The molecule has 0 saturated heterocycles. The molecule has 1 rings (SSSR count). The summed E-state index contributed by atoms with van der Waals surface area (Å²) in [5, 5.41) is 9.20. The number of carbonyl (C=O) groups is 1. The fraction of sp³-hybridized carbons (Fsp3) is 0.250. The molecule has 15 heavy (non-hydrogen) atoms. The van der Waals surface area contributed by atoms with E-state index >= 15 is 0 Å². The molecule has 0 atom stereocenters. The summed E-state index contributed by atoms with van der Waals surface area (Å²) < 4.78 is 0. The van der Waals surface area contributed by atoms with E-state index in [9.17, 15) is 4.79 Å². The topological polar surface area (TPSA) is 37.3 Å². The molecule has 0 radical (unpaired) electrons. The number of hydrogen-bond donors (Lipinski definition) is 1. The van der Waals surface area contributed by atoms with E-state index in [0.717, 1.165) is 11.1 Å². The van der Waals surface area contributed by atoms with Gasteiger partial charge in [-0.05, 0) is 24.1 Å². The van der Waals surface area contributed by atoms with Crippen molar-refractivity contribution >= 4 is 21.9 Å². The Hall–Kier alpha value is -1.27. The fourth-order valence-corrected chi connectivity index (χ4v) is 1.33. The molecule has 3 heteroatoms. The fourth-order valence-electron chi connectivity index (χ4n) is 1.19. The van der Waals surface area contributed by atoms with Gasteiger partial charge in [-0.15, -0.1) is 0 Å². The lowest BCUT2D eigenvalue weighted by atomic mass is 10.1. The van der Waals surface area contributed by atoms with Crippen LogP contribution < -0.4 is 0 Å². The molecule has 0 aliphatic carbocycles. The molecule has 2 nitrogen and oxygen atoms in total. The first-order valence-electron chi connectivity index (χ1n) is 4.58. The monoisotopic (exact) mass is 266 g/mol. The lowest BCUT2D eigenvalue weighted by Crippen LogP contribution is -1.97. The zero-order valence-corrected chi connectivity index (χ0v) is 9.75. The Morgan fingerprint density at radius 2 is 2.27 bits per heavy atom. The van der Waals surface area contributed by atoms with Gasteiger partial charge in [-0.2, -0.15) is 0 Å². The second-order valence-electron chi connectivity index (χ2n) is 3.03. The van der Waals surface area contributed by atoms with Crippen molar-refractivity contribution in [3.05, 3.63) is 35.4 Å². The van der Waals surface area contributed by atoms with Crippen LogP contribution in [0, 0.1) is 11.8 Å². The van der Waals surface area contributed by atoms with Crippen LogP contribution in [0.25, 0.3) is 0 Å². The van der Waals surface area contributed by atoms with E-state index in [1.165, 1.54) is 0 Å². The van der Waals surface area contributed by atoms with Gasteiger partial charge in [0, 0.05) is 12.0 Å². The molecular formula is C12H11BrO2. The minimum absolute atomic E-state index is 0.162. The Bertz CT molecular complexity index is 402. The smallest absolute Gasteiger partial charge is 0.303 e. The van der Waals surface area contributed by atoms with Crippen molar-refractivity contribution in [3.8, 4) is 11.8 Å². The Morgan fingerprint density at radius 1 is 1.47 bits per heavy atom. The largest absolute Gasteiger partial charge is 0.481 e. The summed E-state index contributed by atoms with van der Waals surface area (Å²) in [6, 6.07) is 7.66. The van der Waals surface area contributed by atoms with E-state index in [1.54, 1.807) is 0 Å². The molecule has 0 amide bonds. The summed E-state index contributed by atoms with van der Waals surface area (Å²) in [6.07, 6.45) is 0.717. The Morgan fingerprint density at radius 3 is 2.93 bits per heavy atom. The molecule has 0 spiro atoms. The van der Waals surface area contributed by atoms with E-state index in [2.05, 4.69) is 27.8 Å². The van der Waals surface area contributed by atoms with Crippen LogP contribution in [0.4, 0.5) is 0 Å². The van der Waals surface area contributed by atoms with Crippen molar-refractivity contribution in [2.24, 2.45) is 0 Å². The van der Waals surface area contributed by atoms with Crippen molar-refractivity contribution in [3.63, 3.8) is 0 Å². The highest BCUT2D eigenvalue weighted by molar-refractivity contribution is 9.09. The third-order valence-electron chi connectivity index (χ3n) is 1.85. The number of benzene rings is 1. The molecule has 0 aliphatic rings. The second kappa shape index (κ2) is 6.26. The Labute approximate surface area is 97.4 Å². The van der Waals surface area contributed by atoms with Crippen molar-refractivity contribution in [2.75, 3.05) is 5.33 Å². The summed E-state index contributed by atoms with van der Waals surface area (Å²) in [7, 11) is 0. The maximum absolute atomic E-state index is 10.4. The maximum Gasteiger partial charge on any atom is 0.303 e. The minimum Gasteiger partial charge on any atom is -0.481 e. The highest BCUT2D eigenvalue weighted by atomic mass is 79.9. The summed E-state index contributed by atoms with van der Waals surface area (Å²) in [4.78, 5) is 10.4. The first kappa shape index (κ1) is 11.8. The first-order chi connectivity index (χ1) is 7.22. The third kappa shape index (κ3) is 4.66. The van der Waals surface area contributed by atoms with E-state index in [1.807, 2.05) is 24.3 Å². The SMILES string of the molecule is O=C(O)CCc1cccc(C#CCBr)c1. The van der Waals surface area contributed by atoms with Gasteiger partial charge in [0.05, 0.1) is 5.33 Å². The molecule has 0 unspecified atom stereocenters. The van der Waals surface area contributed by atoms with Gasteiger partial charge in [0.25, 0.3) is 0 Å². The van der Waals surface area contributed by atoms with Crippen LogP contribution in [0.2, 0.25) is 0 Å². The number of carboxylic acid groups (broad SMARTS) is 1. The van der Waals surface area contributed by atoms with Crippen molar-refractivity contribution in [1.29, 1.82) is 0 Å². The molecule has 0 bridgehead atoms. The number of aliphatic carboxylic acids is 1. The minimum atomic E-state index is -0.771. The number of rotatable bonds is 3. The number of alkyl halides is 1. The van der Waals surface area contributed by atoms with Gasteiger partial charge >= 0.3 is 5.97 Å². The number of halogens is 1. The predicted molar refractivity (Wildman–Crippen MR) is 63.1 cm³/mol. The maximum atomic E-state index is 10.4. The Balaban J connectivity index is 2.69. The molecule has 78 valence electrons. The van der Waals surface area contributed by atoms with Crippen LogP contribution in [-0.2, 0) is 11.2 Å². The van der Waals surface area contributed by atoms with Gasteiger partial charge < -0.3 is 5.11 Å². The lowest BCUT2D eigenvalue weighted by Gasteiger charge is -1.98. The highest BCUT2D eigenvalue weighted by Crippen LogP contribution is 2.06. The number of carboxylic acids is 1. The van der Waals surface area contributed by atoms with Crippen LogP contribution in [0.15, 0.2) is 24.3 Å². The molecule has 1 aromatic rings. The zero-order valence-electron chi connectivity index (χ0n) is 8.16. The molecule has 1 aromatic carbocycles. The normalized spacial score (nSPS) is 9.13. The average Bonchev–Trinajstić information content (AvgIpc) is 2.24. The van der Waals surface area contributed by atoms with Crippen LogP contribution in [-0.4, -0.2) is 16.4 Å². The van der Waals surface area contributed by atoms with Crippen molar-refractivity contribution in [2.45, 2.75) is 12.8 Å². The van der Waals surface area contributed by atoms with Gasteiger partial charge in [-0.1, -0.05) is 39.9 Å². The van der Waals surface area contributed by atoms with Crippen LogP contribution in [0.5, 0.6) is 0 Å². The van der Waals surface area contributed by atoms with Gasteiger partial charge in [0.15, 0.2) is 0 Å². The number of aryl methyl sites for hydroxylation is 1. The summed E-state index contributed by atoms with van der Waals surface area (Å²) in [5.74, 6) is 5.11. The van der Waals surface area contributed by atoms with Gasteiger partial charge in [-0.25, -0.2) is 0 Å². The van der Waals surface area contributed by atoms with E-state index in [4.69, 9.17) is 5.11 Å². The lowest BCUT2D eigenvalue weighted by molar-refractivity contribution is -0.136. The highest BCUT2D eigenvalue weighted by Gasteiger charge is 1.99. The van der Waals surface area contributed by atoms with Crippen LogP contribution in [0.1, 0.15) is 17.5 Å². The zero-order chi connectivity index (χ0) is 11.1. The number of hydrogen-bond acceptors (Lipinski definition) is 1. The summed E-state index contributed by atoms with van der Waals surface area (Å²) in [6.45, 7) is 0. The molecule has 0 heterocycles. The second-order valence-corrected chi connectivity index (χ2v) is 3.59. The quantitative estimate of drug-likeness (QED) is 0.674. The summed E-state index contributed by atoms with van der Waals surface area (Å²) >= 11 is 3.22. The molecule has 1 N–H and O–H groups in total. The molecule has 0 fully saturated rings. The van der Waals surface area contributed by atoms with Crippen LogP contribution in [0.3, 0.4) is 0 Å².